The van der Waals surface area contributed by atoms with Gasteiger partial charge in [0.2, 0.25) is 0 Å². The van der Waals surface area contributed by atoms with Crippen molar-refractivity contribution in [2.24, 2.45) is 0 Å². The standard InChI is InChI=1S/C8H4Cl2N2/c9-6-4-7(10)8(12-5-6)2-1-3-11/h1-2,4-5H. The molecule has 0 radical (unpaired) electrons. The lowest BCUT2D eigenvalue weighted by Gasteiger charge is -1.95. The minimum Gasteiger partial charge on any atom is -0.254 e. The summed E-state index contributed by atoms with van der Waals surface area (Å²) in [5, 5.41) is 9.16. The lowest BCUT2D eigenvalue weighted by atomic mass is 10.3. The van der Waals surface area contributed by atoms with E-state index in [1.807, 2.05) is 6.07 Å². The Morgan fingerprint density at radius 3 is 2.83 bits per heavy atom. The zero-order valence-corrected chi connectivity index (χ0v) is 7.47. The average Bonchev–Trinajstić information content (AvgIpc) is 2.03. The van der Waals surface area contributed by atoms with Crippen LogP contribution in [0.25, 0.3) is 6.08 Å². The molecular formula is C8H4Cl2N2. The normalized spacial score (nSPS) is 10.1. The van der Waals surface area contributed by atoms with Crippen LogP contribution in [0.1, 0.15) is 5.69 Å². The van der Waals surface area contributed by atoms with Crippen LogP contribution in [0.5, 0.6) is 0 Å². The van der Waals surface area contributed by atoms with Gasteiger partial charge < -0.3 is 0 Å². The van der Waals surface area contributed by atoms with Gasteiger partial charge in [0, 0.05) is 12.3 Å². The van der Waals surface area contributed by atoms with Crippen molar-refractivity contribution in [1.29, 1.82) is 5.26 Å². The summed E-state index contributed by atoms with van der Waals surface area (Å²) in [4.78, 5) is 3.91. The molecule has 4 heteroatoms. The Labute approximate surface area is 80.1 Å². The van der Waals surface area contributed by atoms with Gasteiger partial charge in [-0.3, -0.25) is 4.98 Å². The second-order valence-corrected chi connectivity index (χ2v) is 2.83. The molecule has 1 heterocycles. The highest BCUT2D eigenvalue weighted by molar-refractivity contribution is 6.35. The van der Waals surface area contributed by atoms with E-state index < -0.39 is 0 Å². The maximum Gasteiger partial charge on any atom is 0.0912 e. The number of nitriles is 1. The largest absolute Gasteiger partial charge is 0.254 e. The molecule has 0 unspecified atom stereocenters. The van der Waals surface area contributed by atoms with Gasteiger partial charge in [-0.2, -0.15) is 5.26 Å². The number of allylic oxidation sites excluding steroid dienone is 1. The molecule has 60 valence electrons. The maximum absolute atomic E-state index is 8.24. The van der Waals surface area contributed by atoms with Crippen LogP contribution < -0.4 is 0 Å². The van der Waals surface area contributed by atoms with Crippen LogP contribution >= 0.6 is 23.2 Å². The summed E-state index contributed by atoms with van der Waals surface area (Å²) in [7, 11) is 0. The van der Waals surface area contributed by atoms with Crippen molar-refractivity contribution in [2.45, 2.75) is 0 Å². The second-order valence-electron chi connectivity index (χ2n) is 1.98. The zero-order chi connectivity index (χ0) is 8.97. The zero-order valence-electron chi connectivity index (χ0n) is 5.96. The summed E-state index contributed by atoms with van der Waals surface area (Å²) in [5.74, 6) is 0. The predicted molar refractivity (Wildman–Crippen MR) is 48.9 cm³/mol. The van der Waals surface area contributed by atoms with Crippen LogP contribution in [-0.4, -0.2) is 4.98 Å². The van der Waals surface area contributed by atoms with Gasteiger partial charge in [-0.15, -0.1) is 0 Å². The SMILES string of the molecule is N#CC=Cc1ncc(Cl)cc1Cl. The molecule has 0 aliphatic heterocycles. The number of hydrogen-bond acceptors (Lipinski definition) is 2. The molecule has 0 amide bonds. The van der Waals surface area contributed by atoms with Crippen molar-refractivity contribution in [3.8, 4) is 6.07 Å². The van der Waals surface area contributed by atoms with Crippen molar-refractivity contribution >= 4 is 29.3 Å². The van der Waals surface area contributed by atoms with Crippen molar-refractivity contribution < 1.29 is 0 Å². The third-order valence-electron chi connectivity index (χ3n) is 1.15. The van der Waals surface area contributed by atoms with E-state index in [0.29, 0.717) is 15.7 Å². The van der Waals surface area contributed by atoms with Gasteiger partial charge in [0.15, 0.2) is 0 Å². The first kappa shape index (κ1) is 9.05. The molecule has 2 nitrogen and oxygen atoms in total. The molecule has 0 fully saturated rings. The highest BCUT2D eigenvalue weighted by Crippen LogP contribution is 2.19. The molecule has 0 saturated carbocycles. The summed E-state index contributed by atoms with van der Waals surface area (Å²) in [6, 6.07) is 3.42. The first-order chi connectivity index (χ1) is 5.74. The van der Waals surface area contributed by atoms with E-state index in [1.165, 1.54) is 18.3 Å². The van der Waals surface area contributed by atoms with Gasteiger partial charge in [-0.05, 0) is 12.1 Å². The van der Waals surface area contributed by atoms with E-state index in [9.17, 15) is 0 Å². The molecule has 1 aromatic heterocycles. The molecule has 1 rings (SSSR count). The van der Waals surface area contributed by atoms with E-state index in [0.717, 1.165) is 0 Å². The van der Waals surface area contributed by atoms with Gasteiger partial charge in [0.1, 0.15) is 0 Å². The Morgan fingerprint density at radius 1 is 1.50 bits per heavy atom. The fourth-order valence-corrected chi connectivity index (χ4v) is 1.11. The molecule has 1 aromatic rings. The number of hydrogen-bond donors (Lipinski definition) is 0. The van der Waals surface area contributed by atoms with Gasteiger partial charge in [0.05, 0.1) is 21.8 Å². The predicted octanol–water partition coefficient (Wildman–Crippen LogP) is 2.93. The van der Waals surface area contributed by atoms with E-state index in [2.05, 4.69) is 4.98 Å². The fraction of sp³-hybridized carbons (Fsp3) is 0. The van der Waals surface area contributed by atoms with Crippen molar-refractivity contribution in [3.63, 3.8) is 0 Å². The minimum absolute atomic E-state index is 0.439. The van der Waals surface area contributed by atoms with Gasteiger partial charge in [-0.25, -0.2) is 0 Å². The molecule has 0 atom stereocenters. The Balaban J connectivity index is 3.03. The second kappa shape index (κ2) is 4.10. The molecule has 0 aliphatic rings. The van der Waals surface area contributed by atoms with Crippen LogP contribution in [0.2, 0.25) is 10.0 Å². The lowest BCUT2D eigenvalue weighted by molar-refractivity contribution is 1.30. The fourth-order valence-electron chi connectivity index (χ4n) is 0.664. The van der Waals surface area contributed by atoms with Crippen LogP contribution in [-0.2, 0) is 0 Å². The average molecular weight is 199 g/mol. The Kier molecular flexibility index (Phi) is 3.09. The Bertz CT molecular complexity index is 353. The lowest BCUT2D eigenvalue weighted by Crippen LogP contribution is -1.81. The smallest absolute Gasteiger partial charge is 0.0912 e. The van der Waals surface area contributed by atoms with Crippen molar-refractivity contribution in [1.82, 2.24) is 4.98 Å². The molecule has 0 spiro atoms. The molecule has 12 heavy (non-hydrogen) atoms. The summed E-state index contributed by atoms with van der Waals surface area (Å²) in [6.45, 7) is 0. The first-order valence-electron chi connectivity index (χ1n) is 3.11. The van der Waals surface area contributed by atoms with Crippen LogP contribution in [0.15, 0.2) is 18.3 Å². The van der Waals surface area contributed by atoms with E-state index >= 15 is 0 Å². The third-order valence-corrected chi connectivity index (χ3v) is 1.66. The molecule has 0 aromatic carbocycles. The summed E-state index contributed by atoms with van der Waals surface area (Å²) >= 11 is 11.4. The molecule has 0 bridgehead atoms. The van der Waals surface area contributed by atoms with Gasteiger partial charge in [-0.1, -0.05) is 23.2 Å². The number of pyridine rings is 1. The highest BCUT2D eigenvalue weighted by Gasteiger charge is 1.97. The topological polar surface area (TPSA) is 36.7 Å². The van der Waals surface area contributed by atoms with Gasteiger partial charge >= 0.3 is 0 Å². The van der Waals surface area contributed by atoms with Gasteiger partial charge in [0.25, 0.3) is 0 Å². The Hall–Kier alpha value is -1.04. The number of nitrogens with zero attached hydrogens (tertiary/aromatic N) is 2. The molecular weight excluding hydrogens is 195 g/mol. The van der Waals surface area contributed by atoms with Crippen molar-refractivity contribution in [2.75, 3.05) is 0 Å². The molecule has 0 saturated heterocycles. The summed E-state index contributed by atoms with van der Waals surface area (Å²) in [6.07, 6.45) is 4.31. The molecule has 0 aliphatic carbocycles. The summed E-state index contributed by atoms with van der Waals surface area (Å²) in [5.41, 5.74) is 0.544. The quantitative estimate of drug-likeness (QED) is 0.652. The summed E-state index contributed by atoms with van der Waals surface area (Å²) < 4.78 is 0. The number of rotatable bonds is 1. The monoisotopic (exact) mass is 198 g/mol. The van der Waals surface area contributed by atoms with E-state index in [1.54, 1.807) is 6.07 Å². The molecule has 0 N–H and O–H groups in total. The van der Waals surface area contributed by atoms with Crippen LogP contribution in [0.4, 0.5) is 0 Å². The first-order valence-corrected chi connectivity index (χ1v) is 3.87. The Morgan fingerprint density at radius 2 is 2.25 bits per heavy atom. The number of aromatic nitrogens is 1. The number of halogens is 2. The maximum atomic E-state index is 8.24. The van der Waals surface area contributed by atoms with E-state index in [4.69, 9.17) is 28.5 Å². The van der Waals surface area contributed by atoms with Crippen molar-refractivity contribution in [3.05, 3.63) is 34.1 Å². The third kappa shape index (κ3) is 2.23. The van der Waals surface area contributed by atoms with Crippen LogP contribution in [0.3, 0.4) is 0 Å². The van der Waals surface area contributed by atoms with Crippen LogP contribution in [0, 0.1) is 11.3 Å². The van der Waals surface area contributed by atoms with E-state index in [-0.39, 0.29) is 0 Å². The highest BCUT2D eigenvalue weighted by atomic mass is 35.5. The minimum atomic E-state index is 0.439.